The van der Waals surface area contributed by atoms with Crippen LogP contribution in [0.1, 0.15) is 41.6 Å². The first-order chi connectivity index (χ1) is 13.6. The van der Waals surface area contributed by atoms with Crippen LogP contribution >= 0.6 is 0 Å². The number of aryl methyl sites for hydroxylation is 1. The van der Waals surface area contributed by atoms with Crippen molar-refractivity contribution in [1.82, 2.24) is 19.8 Å². The van der Waals surface area contributed by atoms with Gasteiger partial charge >= 0.3 is 0 Å². The van der Waals surface area contributed by atoms with E-state index in [4.69, 9.17) is 5.73 Å². The molecule has 28 heavy (non-hydrogen) atoms. The van der Waals surface area contributed by atoms with Gasteiger partial charge in [0.15, 0.2) is 0 Å². The molecule has 1 aliphatic carbocycles. The highest BCUT2D eigenvalue weighted by molar-refractivity contribution is 5.78. The molecule has 146 valence electrons. The van der Waals surface area contributed by atoms with Crippen molar-refractivity contribution in [2.24, 2.45) is 0 Å². The van der Waals surface area contributed by atoms with Crippen molar-refractivity contribution in [2.45, 2.75) is 44.1 Å². The standard InChI is InChI=1S/C22H27N5O/c23-21-24-12-17-6-9-22(20(17)25-21)8-3-10-27(15-22)19(28)14-26-11-7-16-4-1-2-5-18(16)13-26/h1-2,4-5,12H,3,6-11,13-15H2,(H2,23,24,25). The Balaban J connectivity index is 1.29. The summed E-state index contributed by atoms with van der Waals surface area (Å²) in [5, 5.41) is 0. The van der Waals surface area contributed by atoms with Crippen molar-refractivity contribution >= 4 is 11.9 Å². The summed E-state index contributed by atoms with van der Waals surface area (Å²) in [5.41, 5.74) is 10.9. The van der Waals surface area contributed by atoms with E-state index in [1.165, 1.54) is 16.7 Å². The van der Waals surface area contributed by atoms with Gasteiger partial charge in [-0.2, -0.15) is 0 Å². The maximum atomic E-state index is 13.1. The Labute approximate surface area is 165 Å². The van der Waals surface area contributed by atoms with Gasteiger partial charge in [-0.15, -0.1) is 0 Å². The summed E-state index contributed by atoms with van der Waals surface area (Å²) in [6.07, 6.45) is 7.03. The Morgan fingerprint density at radius 3 is 2.86 bits per heavy atom. The average Bonchev–Trinajstić information content (AvgIpc) is 3.05. The van der Waals surface area contributed by atoms with Crippen LogP contribution in [0.4, 0.5) is 5.95 Å². The van der Waals surface area contributed by atoms with Gasteiger partial charge in [-0.25, -0.2) is 9.97 Å². The summed E-state index contributed by atoms with van der Waals surface area (Å²) in [6.45, 7) is 3.94. The summed E-state index contributed by atoms with van der Waals surface area (Å²) in [5.74, 6) is 0.587. The largest absolute Gasteiger partial charge is 0.368 e. The lowest BCUT2D eigenvalue weighted by molar-refractivity contribution is -0.135. The third kappa shape index (κ3) is 3.05. The quantitative estimate of drug-likeness (QED) is 0.865. The second-order valence-corrected chi connectivity index (χ2v) is 8.53. The number of benzene rings is 1. The minimum atomic E-state index is -0.0329. The van der Waals surface area contributed by atoms with Gasteiger partial charge in [-0.1, -0.05) is 24.3 Å². The van der Waals surface area contributed by atoms with E-state index in [1.54, 1.807) is 0 Å². The number of rotatable bonds is 2. The van der Waals surface area contributed by atoms with Crippen LogP contribution in [0.3, 0.4) is 0 Å². The van der Waals surface area contributed by atoms with Crippen LogP contribution < -0.4 is 5.73 Å². The summed E-state index contributed by atoms with van der Waals surface area (Å²) in [6, 6.07) is 8.57. The van der Waals surface area contributed by atoms with Crippen LogP contribution in [0.15, 0.2) is 30.5 Å². The van der Waals surface area contributed by atoms with E-state index in [2.05, 4.69) is 44.0 Å². The van der Waals surface area contributed by atoms with E-state index in [0.29, 0.717) is 12.5 Å². The van der Waals surface area contributed by atoms with Crippen LogP contribution in [-0.2, 0) is 29.6 Å². The van der Waals surface area contributed by atoms with Crippen molar-refractivity contribution in [2.75, 3.05) is 31.9 Å². The van der Waals surface area contributed by atoms with Crippen molar-refractivity contribution in [3.8, 4) is 0 Å². The molecule has 1 amide bonds. The molecule has 3 aliphatic rings. The van der Waals surface area contributed by atoms with Crippen molar-refractivity contribution in [3.63, 3.8) is 0 Å². The van der Waals surface area contributed by atoms with Crippen LogP contribution in [-0.4, -0.2) is 51.9 Å². The predicted molar refractivity (Wildman–Crippen MR) is 108 cm³/mol. The molecule has 1 aromatic carbocycles. The fourth-order valence-electron chi connectivity index (χ4n) is 5.28. The molecule has 2 aromatic rings. The molecule has 3 heterocycles. The molecule has 0 radical (unpaired) electrons. The molecule has 1 saturated heterocycles. The summed E-state index contributed by atoms with van der Waals surface area (Å²) in [4.78, 5) is 26.2. The third-order valence-electron chi connectivity index (χ3n) is 6.76. The fraction of sp³-hybridized carbons (Fsp3) is 0.500. The van der Waals surface area contributed by atoms with Gasteiger partial charge < -0.3 is 10.6 Å². The van der Waals surface area contributed by atoms with Gasteiger partial charge in [-0.3, -0.25) is 9.69 Å². The number of nitrogens with two attached hydrogens (primary N) is 1. The number of likely N-dealkylation sites (tertiary alicyclic amines) is 1. The molecule has 6 nitrogen and oxygen atoms in total. The Bertz CT molecular complexity index is 910. The fourth-order valence-corrected chi connectivity index (χ4v) is 5.28. The molecule has 0 saturated carbocycles. The zero-order valence-electron chi connectivity index (χ0n) is 16.2. The summed E-state index contributed by atoms with van der Waals surface area (Å²) >= 11 is 0. The number of nitrogens with zero attached hydrogens (tertiary/aromatic N) is 4. The molecule has 2 N–H and O–H groups in total. The molecule has 5 rings (SSSR count). The number of aromatic nitrogens is 2. The molecule has 6 heteroatoms. The maximum Gasteiger partial charge on any atom is 0.236 e. The molecule has 1 aromatic heterocycles. The molecule has 1 spiro atoms. The highest BCUT2D eigenvalue weighted by Crippen LogP contribution is 2.44. The Hall–Kier alpha value is -2.47. The minimum absolute atomic E-state index is 0.0329. The first-order valence-electron chi connectivity index (χ1n) is 10.3. The molecule has 0 bridgehead atoms. The van der Waals surface area contributed by atoms with Crippen molar-refractivity contribution in [1.29, 1.82) is 0 Å². The van der Waals surface area contributed by atoms with Crippen molar-refractivity contribution in [3.05, 3.63) is 52.8 Å². The highest BCUT2D eigenvalue weighted by atomic mass is 16.2. The molecule has 2 aliphatic heterocycles. The smallest absolute Gasteiger partial charge is 0.236 e. The number of carbonyl (C=O) groups excluding carboxylic acids is 1. The first kappa shape index (κ1) is 17.6. The number of amides is 1. The van der Waals surface area contributed by atoms with E-state index < -0.39 is 0 Å². The second kappa shape index (κ2) is 6.85. The lowest BCUT2D eigenvalue weighted by Gasteiger charge is -2.41. The monoisotopic (exact) mass is 377 g/mol. The van der Waals surface area contributed by atoms with E-state index in [0.717, 1.165) is 64.0 Å². The summed E-state index contributed by atoms with van der Waals surface area (Å²) in [7, 11) is 0. The number of hydrogen-bond donors (Lipinski definition) is 1. The normalized spacial score (nSPS) is 24.2. The molecule has 1 fully saturated rings. The molecular formula is C22H27N5O. The number of nitrogen functional groups attached to an aromatic ring is 1. The lowest BCUT2D eigenvalue weighted by Crippen LogP contribution is -2.51. The topological polar surface area (TPSA) is 75.3 Å². The molecular weight excluding hydrogens is 350 g/mol. The zero-order chi connectivity index (χ0) is 19.1. The molecule has 1 unspecified atom stereocenters. The Morgan fingerprint density at radius 1 is 1.11 bits per heavy atom. The van der Waals surface area contributed by atoms with E-state index in [-0.39, 0.29) is 11.3 Å². The Kier molecular flexibility index (Phi) is 4.31. The van der Waals surface area contributed by atoms with Gasteiger partial charge in [-0.05, 0) is 48.8 Å². The SMILES string of the molecule is Nc1ncc2c(n1)C1(CCCN(C(=O)CN3CCc4ccccc4C3)C1)CC2. The summed E-state index contributed by atoms with van der Waals surface area (Å²) < 4.78 is 0. The number of hydrogen-bond acceptors (Lipinski definition) is 5. The van der Waals surface area contributed by atoms with E-state index in [1.807, 2.05) is 6.20 Å². The van der Waals surface area contributed by atoms with Gasteiger partial charge in [0.05, 0.1) is 12.2 Å². The van der Waals surface area contributed by atoms with Crippen LogP contribution in [0.25, 0.3) is 0 Å². The second-order valence-electron chi connectivity index (χ2n) is 8.53. The Morgan fingerprint density at radius 2 is 1.96 bits per heavy atom. The number of anilines is 1. The highest BCUT2D eigenvalue weighted by Gasteiger charge is 2.44. The number of carbonyl (C=O) groups is 1. The van der Waals surface area contributed by atoms with Crippen LogP contribution in [0.2, 0.25) is 0 Å². The van der Waals surface area contributed by atoms with Gasteiger partial charge in [0.1, 0.15) is 0 Å². The van der Waals surface area contributed by atoms with Crippen molar-refractivity contribution < 1.29 is 4.79 Å². The van der Waals surface area contributed by atoms with E-state index >= 15 is 0 Å². The first-order valence-corrected chi connectivity index (χ1v) is 10.3. The molecule has 1 atom stereocenters. The number of fused-ring (bicyclic) bond motifs is 3. The lowest BCUT2D eigenvalue weighted by atomic mass is 9.77. The van der Waals surface area contributed by atoms with Gasteiger partial charge in [0, 0.05) is 37.8 Å². The van der Waals surface area contributed by atoms with E-state index in [9.17, 15) is 4.79 Å². The van der Waals surface area contributed by atoms with Crippen LogP contribution in [0, 0.1) is 0 Å². The average molecular weight is 377 g/mol. The predicted octanol–water partition coefficient (Wildman–Crippen LogP) is 1.92. The van der Waals surface area contributed by atoms with Gasteiger partial charge in [0.2, 0.25) is 11.9 Å². The van der Waals surface area contributed by atoms with Crippen LogP contribution in [0.5, 0.6) is 0 Å². The number of piperidine rings is 1. The maximum absolute atomic E-state index is 13.1. The van der Waals surface area contributed by atoms with Gasteiger partial charge in [0.25, 0.3) is 0 Å². The minimum Gasteiger partial charge on any atom is -0.368 e. The zero-order valence-corrected chi connectivity index (χ0v) is 16.2. The third-order valence-corrected chi connectivity index (χ3v) is 6.76.